The van der Waals surface area contributed by atoms with Gasteiger partial charge in [-0.25, -0.2) is 4.79 Å². The number of carbonyl (C=O) groups excluding carboxylic acids is 1. The third-order valence-electron chi connectivity index (χ3n) is 4.89. The molecule has 0 fully saturated rings. The normalized spacial score (nSPS) is 17.1. The molecule has 2 unspecified atom stereocenters. The molecular formula is C21H28O6. The van der Waals surface area contributed by atoms with Crippen LogP contribution in [-0.4, -0.2) is 36.2 Å². The van der Waals surface area contributed by atoms with Gasteiger partial charge in [-0.2, -0.15) is 0 Å². The van der Waals surface area contributed by atoms with Crippen molar-refractivity contribution in [2.45, 2.75) is 52.7 Å². The zero-order valence-electron chi connectivity index (χ0n) is 16.5. The molecule has 2 atom stereocenters. The molecule has 0 aliphatic heterocycles. The lowest BCUT2D eigenvalue weighted by molar-refractivity contribution is -0.139. The molecule has 1 aromatic carbocycles. The van der Waals surface area contributed by atoms with Gasteiger partial charge in [0.1, 0.15) is 0 Å². The summed E-state index contributed by atoms with van der Waals surface area (Å²) in [4.78, 5) is 12.5. The van der Waals surface area contributed by atoms with Crippen molar-refractivity contribution < 1.29 is 29.2 Å². The summed E-state index contributed by atoms with van der Waals surface area (Å²) >= 11 is 0. The van der Waals surface area contributed by atoms with Crippen molar-refractivity contribution in [3.8, 4) is 11.5 Å². The molecule has 1 aliphatic carbocycles. The molecule has 0 radical (unpaired) electrons. The van der Waals surface area contributed by atoms with Crippen LogP contribution in [0, 0.1) is 0 Å². The highest BCUT2D eigenvalue weighted by atomic mass is 16.6. The lowest BCUT2D eigenvalue weighted by atomic mass is 9.93. The number of methoxy groups -OCH3 is 1. The first-order valence-electron chi connectivity index (χ1n) is 9.04. The molecular weight excluding hydrogens is 348 g/mol. The van der Waals surface area contributed by atoms with E-state index in [0.717, 1.165) is 16.7 Å². The van der Waals surface area contributed by atoms with E-state index in [9.17, 15) is 15.0 Å². The largest absolute Gasteiger partial charge is 0.504 e. The molecule has 0 bridgehead atoms. The van der Waals surface area contributed by atoms with Crippen LogP contribution in [0.25, 0.3) is 0 Å². The first-order valence-corrected chi connectivity index (χ1v) is 9.04. The van der Waals surface area contributed by atoms with E-state index in [0.29, 0.717) is 29.7 Å². The van der Waals surface area contributed by atoms with Gasteiger partial charge in [0.15, 0.2) is 11.5 Å². The van der Waals surface area contributed by atoms with Crippen LogP contribution >= 0.6 is 0 Å². The maximum absolute atomic E-state index is 12.5. The fourth-order valence-corrected chi connectivity index (χ4v) is 3.08. The highest BCUT2D eigenvalue weighted by Gasteiger charge is 2.32. The minimum absolute atomic E-state index is 0.0735. The number of ether oxygens (including phenoxy) is 3. The summed E-state index contributed by atoms with van der Waals surface area (Å²) < 4.78 is 15.8. The molecule has 27 heavy (non-hydrogen) atoms. The third kappa shape index (κ3) is 4.63. The number of phenolic OH excluding ortho intramolecular Hbond substituents is 1. The zero-order chi connectivity index (χ0) is 20.1. The number of aliphatic hydroxyl groups excluding tert-OH is 1. The second-order valence-corrected chi connectivity index (χ2v) is 6.78. The van der Waals surface area contributed by atoms with Crippen molar-refractivity contribution in [2.75, 3.05) is 13.7 Å². The number of benzene rings is 1. The first-order chi connectivity index (χ1) is 12.8. The quantitative estimate of drug-likeness (QED) is 0.249. The monoisotopic (exact) mass is 376 g/mol. The highest BCUT2D eigenvalue weighted by Crippen LogP contribution is 2.43. The van der Waals surface area contributed by atoms with Gasteiger partial charge in [-0.05, 0) is 69.4 Å². The van der Waals surface area contributed by atoms with E-state index in [4.69, 9.17) is 14.2 Å². The van der Waals surface area contributed by atoms with Gasteiger partial charge < -0.3 is 24.4 Å². The number of allylic oxidation sites excluding steroid dienone is 1. The smallest absolute Gasteiger partial charge is 0.337 e. The van der Waals surface area contributed by atoms with E-state index < -0.39 is 12.3 Å². The van der Waals surface area contributed by atoms with Crippen molar-refractivity contribution in [3.05, 3.63) is 46.2 Å². The lowest BCUT2D eigenvalue weighted by Gasteiger charge is -2.18. The van der Waals surface area contributed by atoms with Crippen molar-refractivity contribution in [3.63, 3.8) is 0 Å². The van der Waals surface area contributed by atoms with Crippen LogP contribution in [0.5, 0.6) is 11.5 Å². The number of esters is 1. The Morgan fingerprint density at radius 2 is 2.04 bits per heavy atom. The second-order valence-electron chi connectivity index (χ2n) is 6.78. The minimum Gasteiger partial charge on any atom is -0.504 e. The molecule has 0 saturated heterocycles. The first kappa shape index (κ1) is 20.8. The molecule has 0 saturated carbocycles. The van der Waals surface area contributed by atoms with E-state index in [1.54, 1.807) is 26.0 Å². The van der Waals surface area contributed by atoms with Gasteiger partial charge in [-0.1, -0.05) is 5.57 Å². The number of carbonyl (C=O) groups is 1. The highest BCUT2D eigenvalue weighted by molar-refractivity contribution is 5.90. The fraction of sp³-hybridized carbons (Fsp3) is 0.476. The van der Waals surface area contributed by atoms with E-state index in [2.05, 4.69) is 0 Å². The molecule has 2 rings (SSSR count). The molecule has 148 valence electrons. The Kier molecular flexibility index (Phi) is 6.91. The van der Waals surface area contributed by atoms with Gasteiger partial charge in [0.25, 0.3) is 0 Å². The number of aryl methyl sites for hydroxylation is 1. The van der Waals surface area contributed by atoms with Crippen LogP contribution in [0.2, 0.25) is 0 Å². The van der Waals surface area contributed by atoms with Crippen LogP contribution < -0.4 is 4.74 Å². The molecule has 0 spiro atoms. The predicted octanol–water partition coefficient (Wildman–Crippen LogP) is 3.57. The summed E-state index contributed by atoms with van der Waals surface area (Å²) in [7, 11) is 1.48. The Labute approximate surface area is 160 Å². The summed E-state index contributed by atoms with van der Waals surface area (Å²) in [6, 6.07) is 3.41. The Bertz CT molecular complexity index is 758. The number of rotatable bonds is 7. The van der Waals surface area contributed by atoms with Crippen LogP contribution in [0.1, 0.15) is 51.2 Å². The number of fused-ring (bicyclic) bond motifs is 1. The topological polar surface area (TPSA) is 85.2 Å². The maximum Gasteiger partial charge on any atom is 0.337 e. The minimum atomic E-state index is -1.13. The van der Waals surface area contributed by atoms with E-state index in [-0.39, 0.29) is 18.3 Å². The van der Waals surface area contributed by atoms with Crippen LogP contribution in [0.3, 0.4) is 0 Å². The molecule has 0 amide bonds. The standard InChI is InChI=1S/C21H28O6/c1-6-26-21(24)17(11-27-20(23)13(4)12(2)3)15-8-7-14-9-18(22)19(25-5)10-16(14)15/h9-11,15,20,22-23H,6-8H2,1-5H3/b17-11+. The Balaban J connectivity index is 2.38. The van der Waals surface area contributed by atoms with Gasteiger partial charge in [0.2, 0.25) is 6.29 Å². The summed E-state index contributed by atoms with van der Waals surface area (Å²) in [5.41, 5.74) is 3.81. The van der Waals surface area contributed by atoms with E-state index in [1.807, 2.05) is 13.8 Å². The lowest BCUT2D eigenvalue weighted by Crippen LogP contribution is -2.17. The van der Waals surface area contributed by atoms with Gasteiger partial charge in [0, 0.05) is 5.92 Å². The summed E-state index contributed by atoms with van der Waals surface area (Å²) in [6.07, 6.45) is 1.56. The molecule has 1 aromatic rings. The molecule has 2 N–H and O–H groups in total. The maximum atomic E-state index is 12.5. The van der Waals surface area contributed by atoms with Gasteiger partial charge >= 0.3 is 5.97 Å². The van der Waals surface area contributed by atoms with E-state index >= 15 is 0 Å². The zero-order valence-corrected chi connectivity index (χ0v) is 16.5. The van der Waals surface area contributed by atoms with Gasteiger partial charge in [-0.3, -0.25) is 0 Å². The number of aliphatic hydroxyl groups is 1. The second kappa shape index (κ2) is 8.95. The molecule has 6 nitrogen and oxygen atoms in total. The summed E-state index contributed by atoms with van der Waals surface area (Å²) in [6.45, 7) is 7.51. The Hall–Kier alpha value is -2.47. The SMILES string of the molecule is CCOC(=O)/C(=C/OC(O)C(C)=C(C)C)C1CCc2cc(O)c(OC)cc21. The predicted molar refractivity (Wildman–Crippen MR) is 102 cm³/mol. The van der Waals surface area contributed by atoms with Crippen LogP contribution in [-0.2, 0) is 20.7 Å². The fourth-order valence-electron chi connectivity index (χ4n) is 3.08. The third-order valence-corrected chi connectivity index (χ3v) is 4.89. The van der Waals surface area contributed by atoms with Crippen LogP contribution in [0.15, 0.2) is 35.1 Å². The van der Waals surface area contributed by atoms with Gasteiger partial charge in [0.05, 0.1) is 25.6 Å². The molecule has 6 heteroatoms. The molecule has 0 aromatic heterocycles. The van der Waals surface area contributed by atoms with Crippen molar-refractivity contribution in [2.24, 2.45) is 0 Å². The van der Waals surface area contributed by atoms with Crippen LogP contribution in [0.4, 0.5) is 0 Å². The van der Waals surface area contributed by atoms with Crippen molar-refractivity contribution in [1.29, 1.82) is 0 Å². The number of aromatic hydroxyl groups is 1. The summed E-state index contributed by atoms with van der Waals surface area (Å²) in [5.74, 6) is -0.313. The van der Waals surface area contributed by atoms with E-state index in [1.165, 1.54) is 13.4 Å². The average Bonchev–Trinajstić information content (AvgIpc) is 3.02. The summed E-state index contributed by atoms with van der Waals surface area (Å²) in [5, 5.41) is 20.2. The number of hydrogen-bond acceptors (Lipinski definition) is 6. The Morgan fingerprint density at radius 1 is 1.33 bits per heavy atom. The van der Waals surface area contributed by atoms with Crippen molar-refractivity contribution >= 4 is 5.97 Å². The number of phenols is 1. The van der Waals surface area contributed by atoms with Gasteiger partial charge in [-0.15, -0.1) is 0 Å². The molecule has 1 aliphatic rings. The van der Waals surface area contributed by atoms with Crippen molar-refractivity contribution in [1.82, 2.24) is 0 Å². The average molecular weight is 376 g/mol. The number of hydrogen-bond donors (Lipinski definition) is 2. The Morgan fingerprint density at radius 3 is 2.63 bits per heavy atom. The molecule has 0 heterocycles.